The molecule has 0 fully saturated rings. The van der Waals surface area contributed by atoms with Crippen LogP contribution in [0.1, 0.15) is 38.8 Å². The minimum Gasteiger partial charge on any atom is -0.459 e. The third-order valence-corrected chi connectivity index (χ3v) is 9.10. The number of para-hydroxylation sites is 2. The number of fused-ring (bicyclic) bond motifs is 2. The number of hydrogen-bond donors (Lipinski definition) is 2. The van der Waals surface area contributed by atoms with E-state index in [1.54, 1.807) is 24.5 Å². The average molecular weight is 670 g/mol. The quantitative estimate of drug-likeness (QED) is 0.164. The van der Waals surface area contributed by atoms with Gasteiger partial charge in [-0.25, -0.2) is 24.9 Å². The van der Waals surface area contributed by atoms with Gasteiger partial charge in [-0.3, -0.25) is 0 Å². The second-order valence-corrected chi connectivity index (χ2v) is 12.3. The summed E-state index contributed by atoms with van der Waals surface area (Å²) in [6.07, 6.45) is 3.21. The number of aromatic nitrogens is 6. The Morgan fingerprint density at radius 2 is 1.25 bits per heavy atom. The Kier molecular flexibility index (Phi) is 10.4. The number of anilines is 1. The van der Waals surface area contributed by atoms with Gasteiger partial charge in [0.05, 0.1) is 50.6 Å². The van der Waals surface area contributed by atoms with Gasteiger partial charge in [0.25, 0.3) is 0 Å². The SMILES string of the molecule is N#CC(c1ccnc(NCCO)n1)c1nc2ccccc2s1.N#CC(c1ccnc(OCc2ccccc2)n1)c1nc2ccccc2s1. The van der Waals surface area contributed by atoms with Crippen molar-refractivity contribution in [3.05, 3.63) is 130 Å². The molecule has 11 nitrogen and oxygen atoms in total. The Morgan fingerprint density at radius 1 is 0.688 bits per heavy atom. The van der Waals surface area contributed by atoms with Crippen LogP contribution in [0, 0.1) is 22.7 Å². The lowest BCUT2D eigenvalue weighted by Gasteiger charge is -2.08. The van der Waals surface area contributed by atoms with E-state index < -0.39 is 11.8 Å². The Labute approximate surface area is 283 Å². The summed E-state index contributed by atoms with van der Waals surface area (Å²) in [5.74, 6) is -0.683. The number of hydrogen-bond acceptors (Lipinski definition) is 13. The van der Waals surface area contributed by atoms with Crippen molar-refractivity contribution >= 4 is 49.1 Å². The van der Waals surface area contributed by atoms with E-state index in [1.165, 1.54) is 22.7 Å². The van der Waals surface area contributed by atoms with Crippen LogP contribution in [0.4, 0.5) is 5.95 Å². The lowest BCUT2D eigenvalue weighted by atomic mass is 10.1. The van der Waals surface area contributed by atoms with Crippen LogP contribution >= 0.6 is 22.7 Å². The highest BCUT2D eigenvalue weighted by atomic mass is 32.1. The van der Waals surface area contributed by atoms with Crippen LogP contribution in [0.5, 0.6) is 6.01 Å². The molecule has 7 aromatic rings. The number of ether oxygens (including phenoxy) is 1. The van der Waals surface area contributed by atoms with Crippen molar-refractivity contribution in [3.8, 4) is 18.1 Å². The molecule has 48 heavy (non-hydrogen) atoms. The first-order valence-corrected chi connectivity index (χ1v) is 16.5. The zero-order valence-electron chi connectivity index (χ0n) is 25.3. The van der Waals surface area contributed by atoms with E-state index in [0.29, 0.717) is 30.5 Å². The molecule has 2 unspecified atom stereocenters. The van der Waals surface area contributed by atoms with E-state index in [1.807, 2.05) is 78.9 Å². The maximum absolute atomic E-state index is 9.67. The maximum atomic E-state index is 9.67. The molecule has 3 aromatic carbocycles. The highest BCUT2D eigenvalue weighted by molar-refractivity contribution is 7.19. The number of thiazole rings is 2. The summed E-state index contributed by atoms with van der Waals surface area (Å²) in [6.45, 7) is 0.734. The van der Waals surface area contributed by atoms with E-state index in [9.17, 15) is 10.5 Å². The summed E-state index contributed by atoms with van der Waals surface area (Å²) in [6, 6.07) is 33.7. The number of nitrogens with zero attached hydrogens (tertiary/aromatic N) is 8. The average Bonchev–Trinajstić information content (AvgIpc) is 3.76. The molecule has 0 spiro atoms. The van der Waals surface area contributed by atoms with Crippen LogP contribution in [-0.4, -0.2) is 48.2 Å². The molecule has 2 N–H and O–H groups in total. The number of benzene rings is 3. The van der Waals surface area contributed by atoms with Crippen LogP contribution < -0.4 is 10.1 Å². The van der Waals surface area contributed by atoms with Crippen molar-refractivity contribution in [2.24, 2.45) is 0 Å². The zero-order chi connectivity index (χ0) is 33.1. The van der Waals surface area contributed by atoms with Crippen molar-refractivity contribution in [2.45, 2.75) is 18.4 Å². The van der Waals surface area contributed by atoms with Gasteiger partial charge in [0.15, 0.2) is 0 Å². The molecule has 2 atom stereocenters. The molecular weight excluding hydrogens is 643 g/mol. The molecule has 0 aliphatic carbocycles. The second-order valence-electron chi connectivity index (χ2n) is 10.2. The third kappa shape index (κ3) is 7.74. The van der Waals surface area contributed by atoms with E-state index in [0.717, 1.165) is 36.0 Å². The monoisotopic (exact) mass is 669 g/mol. The standard InChI is InChI=1S/C20H14N4OS.C15H13N5OS/c21-12-15(19-23-17-8-4-5-9-18(17)26-19)16-10-11-22-20(24-16)25-13-14-6-2-1-3-7-14;16-9-10(11-5-6-17-15(20-11)18-7-8-21)14-19-12-3-1-2-4-13(12)22-14/h1-11,15H,13H2;1-6,10,21H,7-8H2,(H,17,18,20). The molecule has 13 heteroatoms. The van der Waals surface area contributed by atoms with Gasteiger partial charge in [-0.05, 0) is 42.0 Å². The Balaban J connectivity index is 0.000000170. The van der Waals surface area contributed by atoms with E-state index in [-0.39, 0.29) is 12.6 Å². The molecule has 0 saturated carbocycles. The summed E-state index contributed by atoms with van der Waals surface area (Å²) in [7, 11) is 0. The fourth-order valence-electron chi connectivity index (χ4n) is 4.62. The molecule has 0 bridgehead atoms. The normalized spacial score (nSPS) is 11.9. The first-order chi connectivity index (χ1) is 23.6. The molecule has 0 saturated heterocycles. The summed E-state index contributed by atoms with van der Waals surface area (Å²) in [4.78, 5) is 26.1. The summed E-state index contributed by atoms with van der Waals surface area (Å²) < 4.78 is 7.77. The number of nitriles is 2. The largest absolute Gasteiger partial charge is 0.459 e. The number of rotatable bonds is 10. The minimum absolute atomic E-state index is 0.00681. The van der Waals surface area contributed by atoms with Gasteiger partial charge in [0.1, 0.15) is 28.5 Å². The smallest absolute Gasteiger partial charge is 0.316 e. The fourth-order valence-corrected chi connectivity index (χ4v) is 6.67. The van der Waals surface area contributed by atoms with Crippen molar-refractivity contribution in [1.29, 1.82) is 10.5 Å². The highest BCUT2D eigenvalue weighted by Gasteiger charge is 2.21. The van der Waals surface area contributed by atoms with Crippen LogP contribution in [-0.2, 0) is 6.61 Å². The van der Waals surface area contributed by atoms with E-state index in [4.69, 9.17) is 9.84 Å². The fraction of sp³-hybridized carbons (Fsp3) is 0.143. The Hall–Kier alpha value is -5.86. The first-order valence-electron chi connectivity index (χ1n) is 14.8. The summed E-state index contributed by atoms with van der Waals surface area (Å²) in [5, 5.41) is 32.4. The van der Waals surface area contributed by atoms with Crippen LogP contribution in [0.3, 0.4) is 0 Å². The lowest BCUT2D eigenvalue weighted by molar-refractivity contribution is 0.279. The van der Waals surface area contributed by atoms with E-state index >= 15 is 0 Å². The van der Waals surface area contributed by atoms with Crippen molar-refractivity contribution in [1.82, 2.24) is 29.9 Å². The molecule has 236 valence electrons. The van der Waals surface area contributed by atoms with Crippen LogP contribution in [0.2, 0.25) is 0 Å². The number of aliphatic hydroxyl groups excluding tert-OH is 1. The molecule has 0 aliphatic rings. The molecule has 4 aromatic heterocycles. The van der Waals surface area contributed by atoms with Gasteiger partial charge < -0.3 is 15.2 Å². The first kappa shape index (κ1) is 32.1. The van der Waals surface area contributed by atoms with E-state index in [2.05, 4.69) is 47.4 Å². The summed E-state index contributed by atoms with van der Waals surface area (Å²) >= 11 is 3.00. The molecular formula is C35H27N9O2S2. The van der Waals surface area contributed by atoms with Crippen LogP contribution in [0.25, 0.3) is 20.4 Å². The third-order valence-electron chi connectivity index (χ3n) is 6.90. The molecule has 7 rings (SSSR count). The molecule has 0 radical (unpaired) electrons. The van der Waals surface area contributed by atoms with Crippen molar-refractivity contribution in [2.75, 3.05) is 18.5 Å². The van der Waals surface area contributed by atoms with Gasteiger partial charge in [-0.2, -0.15) is 15.5 Å². The van der Waals surface area contributed by atoms with Crippen molar-refractivity contribution in [3.63, 3.8) is 0 Å². The topological polar surface area (TPSA) is 166 Å². The second kappa shape index (κ2) is 15.6. The van der Waals surface area contributed by atoms with Gasteiger partial charge in [0, 0.05) is 18.9 Å². The Morgan fingerprint density at radius 3 is 1.83 bits per heavy atom. The van der Waals surface area contributed by atoms with Gasteiger partial charge in [-0.15, -0.1) is 22.7 Å². The molecule has 0 amide bonds. The minimum atomic E-state index is -0.547. The predicted molar refractivity (Wildman–Crippen MR) is 185 cm³/mol. The Bertz CT molecular complexity index is 2140. The van der Waals surface area contributed by atoms with Gasteiger partial charge >= 0.3 is 6.01 Å². The number of aliphatic hydroxyl groups is 1. The highest BCUT2D eigenvalue weighted by Crippen LogP contribution is 2.32. The van der Waals surface area contributed by atoms with Crippen molar-refractivity contribution < 1.29 is 9.84 Å². The number of nitrogens with one attached hydrogen (secondary N) is 1. The predicted octanol–water partition coefficient (Wildman–Crippen LogP) is 6.47. The zero-order valence-corrected chi connectivity index (χ0v) is 27.0. The maximum Gasteiger partial charge on any atom is 0.316 e. The van der Waals surface area contributed by atoms with Crippen LogP contribution in [0.15, 0.2) is 103 Å². The lowest BCUT2D eigenvalue weighted by Crippen LogP contribution is -2.10. The summed E-state index contributed by atoms with van der Waals surface area (Å²) in [5.41, 5.74) is 3.99. The molecule has 4 heterocycles. The van der Waals surface area contributed by atoms with Gasteiger partial charge in [-0.1, -0.05) is 54.6 Å². The van der Waals surface area contributed by atoms with Gasteiger partial charge in [0.2, 0.25) is 5.95 Å². The molecule has 0 aliphatic heterocycles.